The molecule has 0 aliphatic heterocycles. The quantitative estimate of drug-likeness (QED) is 0.431. The van der Waals surface area contributed by atoms with Gasteiger partial charge in [0, 0.05) is 29.1 Å². The third-order valence-corrected chi connectivity index (χ3v) is 5.28. The van der Waals surface area contributed by atoms with Gasteiger partial charge in [0.15, 0.2) is 0 Å². The molecule has 0 saturated heterocycles. The van der Waals surface area contributed by atoms with Crippen LogP contribution in [-0.4, -0.2) is 28.9 Å². The minimum Gasteiger partial charge on any atom is -0.339 e. The smallest absolute Gasteiger partial charge is 0.254 e. The number of hydrogen-bond acceptors (Lipinski definition) is 2. The lowest BCUT2D eigenvalue weighted by Gasteiger charge is -2.23. The van der Waals surface area contributed by atoms with Crippen LogP contribution in [0.2, 0.25) is 5.02 Å². The van der Waals surface area contributed by atoms with Crippen LogP contribution in [0.3, 0.4) is 0 Å². The van der Waals surface area contributed by atoms with Gasteiger partial charge in [0.05, 0.1) is 16.8 Å². The first-order chi connectivity index (χ1) is 13.7. The van der Waals surface area contributed by atoms with Crippen molar-refractivity contribution < 1.29 is 4.79 Å². The number of aromatic nitrogens is 1. The van der Waals surface area contributed by atoms with E-state index >= 15 is 0 Å². The van der Waals surface area contributed by atoms with E-state index in [0.29, 0.717) is 10.6 Å². The van der Waals surface area contributed by atoms with Gasteiger partial charge >= 0.3 is 0 Å². The maximum atomic E-state index is 13.5. The second-order valence-corrected chi connectivity index (χ2v) is 7.46. The van der Waals surface area contributed by atoms with E-state index in [0.717, 1.165) is 60.9 Å². The molecule has 0 spiro atoms. The van der Waals surface area contributed by atoms with Crippen LogP contribution >= 0.6 is 11.6 Å². The molecule has 0 atom stereocenters. The van der Waals surface area contributed by atoms with E-state index in [1.807, 2.05) is 59.5 Å². The Labute approximate surface area is 172 Å². The topological polar surface area (TPSA) is 33.2 Å². The first kappa shape index (κ1) is 20.3. The lowest BCUT2D eigenvalue weighted by molar-refractivity contribution is 0.0753. The molecule has 1 aromatic heterocycles. The number of halogens is 1. The van der Waals surface area contributed by atoms with Gasteiger partial charge in [-0.15, -0.1) is 0 Å². The number of rotatable bonds is 8. The number of fused-ring (bicyclic) bond motifs is 1. The summed E-state index contributed by atoms with van der Waals surface area (Å²) in [4.78, 5) is 20.3. The molecule has 4 heteroatoms. The van der Waals surface area contributed by atoms with Crippen molar-refractivity contribution in [3.63, 3.8) is 0 Å². The summed E-state index contributed by atoms with van der Waals surface area (Å²) in [6.45, 7) is 5.88. The first-order valence-corrected chi connectivity index (χ1v) is 10.5. The van der Waals surface area contributed by atoms with Crippen molar-refractivity contribution in [2.75, 3.05) is 13.1 Å². The maximum Gasteiger partial charge on any atom is 0.254 e. The molecule has 2 aromatic carbocycles. The molecule has 0 fully saturated rings. The van der Waals surface area contributed by atoms with Crippen molar-refractivity contribution in [2.24, 2.45) is 0 Å². The number of nitrogens with zero attached hydrogens (tertiary/aromatic N) is 2. The molecule has 3 rings (SSSR count). The van der Waals surface area contributed by atoms with Gasteiger partial charge in [-0.2, -0.15) is 0 Å². The highest BCUT2D eigenvalue weighted by molar-refractivity contribution is 6.33. The number of amides is 1. The third kappa shape index (κ3) is 4.53. The molecule has 3 aromatic rings. The predicted molar refractivity (Wildman–Crippen MR) is 118 cm³/mol. The molecule has 1 heterocycles. The highest BCUT2D eigenvalue weighted by Crippen LogP contribution is 2.30. The zero-order valence-electron chi connectivity index (χ0n) is 16.6. The Morgan fingerprint density at radius 2 is 1.61 bits per heavy atom. The van der Waals surface area contributed by atoms with E-state index in [4.69, 9.17) is 16.6 Å². The fraction of sp³-hybridized carbons (Fsp3) is 0.333. The van der Waals surface area contributed by atoms with Crippen LogP contribution in [0.15, 0.2) is 54.6 Å². The summed E-state index contributed by atoms with van der Waals surface area (Å²) in [5.74, 6) is 0.0776. The Morgan fingerprint density at radius 1 is 0.964 bits per heavy atom. The fourth-order valence-corrected chi connectivity index (χ4v) is 3.57. The van der Waals surface area contributed by atoms with Crippen LogP contribution in [0.1, 0.15) is 49.9 Å². The lowest BCUT2D eigenvalue weighted by Crippen LogP contribution is -2.33. The summed E-state index contributed by atoms with van der Waals surface area (Å²) >= 11 is 6.41. The van der Waals surface area contributed by atoms with Gasteiger partial charge < -0.3 is 4.90 Å². The zero-order valence-corrected chi connectivity index (χ0v) is 17.4. The number of carbonyl (C=O) groups is 1. The van der Waals surface area contributed by atoms with E-state index in [2.05, 4.69) is 13.8 Å². The molecular weight excluding hydrogens is 368 g/mol. The van der Waals surface area contributed by atoms with Crippen molar-refractivity contribution >= 4 is 28.4 Å². The highest BCUT2D eigenvalue weighted by Gasteiger charge is 2.20. The van der Waals surface area contributed by atoms with Gasteiger partial charge in [-0.05, 0) is 31.0 Å². The Morgan fingerprint density at radius 3 is 2.29 bits per heavy atom. The van der Waals surface area contributed by atoms with E-state index in [9.17, 15) is 4.79 Å². The Bertz CT molecular complexity index is 946. The predicted octanol–water partition coefficient (Wildman–Crippen LogP) is 6.60. The molecule has 0 unspecified atom stereocenters. The van der Waals surface area contributed by atoms with Crippen molar-refractivity contribution in [1.29, 1.82) is 0 Å². The number of benzene rings is 2. The molecule has 0 saturated carbocycles. The highest BCUT2D eigenvalue weighted by atomic mass is 35.5. The van der Waals surface area contributed by atoms with Crippen molar-refractivity contribution in [3.8, 4) is 11.3 Å². The van der Waals surface area contributed by atoms with Crippen LogP contribution < -0.4 is 0 Å². The van der Waals surface area contributed by atoms with Crippen LogP contribution in [0.5, 0.6) is 0 Å². The summed E-state index contributed by atoms with van der Waals surface area (Å²) in [6, 6.07) is 17.4. The summed E-state index contributed by atoms with van der Waals surface area (Å²) in [6.07, 6.45) is 4.15. The molecule has 146 valence electrons. The summed E-state index contributed by atoms with van der Waals surface area (Å²) in [5, 5.41) is 1.53. The summed E-state index contributed by atoms with van der Waals surface area (Å²) < 4.78 is 0. The van der Waals surface area contributed by atoms with Crippen LogP contribution in [0.4, 0.5) is 0 Å². The normalized spacial score (nSPS) is 11.0. The summed E-state index contributed by atoms with van der Waals surface area (Å²) in [7, 11) is 0. The molecule has 0 bridgehead atoms. The molecule has 0 aliphatic rings. The number of unbranched alkanes of at least 4 members (excludes halogenated alkanes) is 2. The largest absolute Gasteiger partial charge is 0.339 e. The SMILES string of the molecule is CCCCN(CCCC)C(=O)c1cc(-c2ccccc2Cl)nc2ccccc12. The minimum atomic E-state index is 0.0776. The van der Waals surface area contributed by atoms with Gasteiger partial charge in [0.1, 0.15) is 0 Å². The maximum absolute atomic E-state index is 13.5. The van der Waals surface area contributed by atoms with Crippen molar-refractivity contribution in [2.45, 2.75) is 39.5 Å². The molecule has 3 nitrogen and oxygen atoms in total. The van der Waals surface area contributed by atoms with Crippen LogP contribution in [-0.2, 0) is 0 Å². The van der Waals surface area contributed by atoms with E-state index in [1.54, 1.807) is 0 Å². The van der Waals surface area contributed by atoms with Crippen LogP contribution in [0.25, 0.3) is 22.2 Å². The molecular formula is C24H27ClN2O. The molecule has 0 radical (unpaired) electrons. The first-order valence-electron chi connectivity index (χ1n) is 10.1. The number of carbonyl (C=O) groups excluding carboxylic acids is 1. The van der Waals surface area contributed by atoms with Crippen LogP contribution in [0, 0.1) is 0 Å². The number of pyridine rings is 1. The Balaban J connectivity index is 2.10. The van der Waals surface area contributed by atoms with Gasteiger partial charge in [-0.3, -0.25) is 4.79 Å². The Hall–Kier alpha value is -2.39. The standard InChI is InChI=1S/C24H27ClN2O/c1-3-5-15-27(16-6-4-2)24(28)20-17-23(19-12-7-9-13-21(19)25)26-22-14-10-8-11-18(20)22/h7-14,17H,3-6,15-16H2,1-2H3. The molecule has 0 N–H and O–H groups in total. The monoisotopic (exact) mass is 394 g/mol. The van der Waals surface area contributed by atoms with Gasteiger partial charge in [0.2, 0.25) is 0 Å². The summed E-state index contributed by atoms with van der Waals surface area (Å²) in [5.41, 5.74) is 3.10. The average molecular weight is 395 g/mol. The third-order valence-electron chi connectivity index (χ3n) is 4.95. The number of para-hydroxylation sites is 1. The van der Waals surface area contributed by atoms with Gasteiger partial charge in [-0.25, -0.2) is 4.98 Å². The minimum absolute atomic E-state index is 0.0776. The van der Waals surface area contributed by atoms with E-state index in [-0.39, 0.29) is 5.91 Å². The van der Waals surface area contributed by atoms with Gasteiger partial charge in [0.25, 0.3) is 5.91 Å². The zero-order chi connectivity index (χ0) is 19.9. The van der Waals surface area contributed by atoms with Crippen molar-refractivity contribution in [1.82, 2.24) is 9.88 Å². The number of hydrogen-bond donors (Lipinski definition) is 0. The molecule has 0 aliphatic carbocycles. The Kier molecular flexibility index (Phi) is 7.05. The second kappa shape index (κ2) is 9.70. The average Bonchev–Trinajstić information content (AvgIpc) is 2.73. The second-order valence-electron chi connectivity index (χ2n) is 7.05. The fourth-order valence-electron chi connectivity index (χ4n) is 3.34. The lowest BCUT2D eigenvalue weighted by atomic mass is 10.0. The van der Waals surface area contributed by atoms with E-state index in [1.165, 1.54) is 0 Å². The molecule has 1 amide bonds. The van der Waals surface area contributed by atoms with Crippen molar-refractivity contribution in [3.05, 3.63) is 65.2 Å². The molecule has 28 heavy (non-hydrogen) atoms. The van der Waals surface area contributed by atoms with Gasteiger partial charge in [-0.1, -0.05) is 74.7 Å². The van der Waals surface area contributed by atoms with E-state index < -0.39 is 0 Å².